The molecule has 0 saturated carbocycles. The quantitative estimate of drug-likeness (QED) is 0.317. The molecule has 74 valence electrons. The first kappa shape index (κ1) is 13.6. The van der Waals surface area contributed by atoms with Crippen molar-refractivity contribution in [2.75, 3.05) is 6.16 Å². The third-order valence-corrected chi connectivity index (χ3v) is 5.52. The molecule has 0 aliphatic rings. The highest BCUT2D eigenvalue weighted by atomic mass is 35.9. The van der Waals surface area contributed by atoms with Crippen LogP contribution in [0.1, 0.15) is 0 Å². The van der Waals surface area contributed by atoms with Crippen molar-refractivity contribution in [2.45, 2.75) is 24.5 Å². The van der Waals surface area contributed by atoms with Gasteiger partial charge in [0.1, 0.15) is 0 Å². The molecule has 7 heteroatoms. The Morgan fingerprint density at radius 3 is 2.08 bits per heavy atom. The van der Waals surface area contributed by atoms with E-state index in [-0.39, 0.29) is 11.5 Å². The second-order valence-corrected chi connectivity index (χ2v) is 16.1. The van der Waals surface area contributed by atoms with Gasteiger partial charge in [-0.2, -0.15) is 11.1 Å². The highest BCUT2D eigenvalue weighted by Gasteiger charge is 2.27. The van der Waals surface area contributed by atoms with Crippen LogP contribution < -0.4 is 0 Å². The van der Waals surface area contributed by atoms with Gasteiger partial charge in [-0.05, 0) is 28.5 Å². The summed E-state index contributed by atoms with van der Waals surface area (Å²) >= 11 is 22.6. The van der Waals surface area contributed by atoms with Gasteiger partial charge in [0.05, 0.1) is 0 Å². The van der Waals surface area contributed by atoms with Crippen molar-refractivity contribution in [1.82, 2.24) is 0 Å². The summed E-state index contributed by atoms with van der Waals surface area (Å²) in [6.45, 7) is 3.94. The summed E-state index contributed by atoms with van der Waals surface area (Å²) in [5, 5.41) is -0.273. The summed E-state index contributed by atoms with van der Waals surface area (Å²) in [5.74, 6) is -3.03. The van der Waals surface area contributed by atoms with Crippen LogP contribution in [0.4, 0.5) is 0 Å². The molecule has 1 atom stereocenters. The van der Waals surface area contributed by atoms with Gasteiger partial charge in [0.25, 0.3) is 5.85 Å². The lowest BCUT2D eigenvalue weighted by Crippen LogP contribution is -2.22. The summed E-state index contributed by atoms with van der Waals surface area (Å²) in [7, 11) is -1.72. The van der Waals surface area contributed by atoms with Crippen molar-refractivity contribution in [3.63, 3.8) is 0 Å². The van der Waals surface area contributed by atoms with Crippen molar-refractivity contribution < 1.29 is 4.57 Å². The Balaban J connectivity index is 3.91. The third-order valence-electron chi connectivity index (χ3n) is 1.12. The SMILES string of the molecule is C[Si](C)(Cl)CC(Cl)CP(=O)(Cl)Cl. The van der Waals surface area contributed by atoms with E-state index in [1.54, 1.807) is 0 Å². The maximum atomic E-state index is 10.9. The summed E-state index contributed by atoms with van der Waals surface area (Å²) in [4.78, 5) is 0. The zero-order valence-electron chi connectivity index (χ0n) is 6.86. The zero-order valence-corrected chi connectivity index (χ0v) is 11.8. The van der Waals surface area contributed by atoms with E-state index in [0.717, 1.165) is 0 Å². The number of hydrogen-bond donors (Lipinski definition) is 0. The van der Waals surface area contributed by atoms with Crippen LogP contribution >= 0.6 is 51.0 Å². The van der Waals surface area contributed by atoms with Crippen LogP contribution in [0.3, 0.4) is 0 Å². The topological polar surface area (TPSA) is 17.1 Å². The fourth-order valence-corrected chi connectivity index (χ4v) is 6.81. The van der Waals surface area contributed by atoms with E-state index in [0.29, 0.717) is 6.04 Å². The lowest BCUT2D eigenvalue weighted by Gasteiger charge is -2.17. The molecule has 0 fully saturated rings. The minimum atomic E-state index is -3.03. The smallest absolute Gasteiger partial charge is 0.254 e. The van der Waals surface area contributed by atoms with Gasteiger partial charge in [-0.15, -0.1) is 11.6 Å². The Labute approximate surface area is 93.4 Å². The predicted octanol–water partition coefficient (Wildman–Crippen LogP) is 4.71. The molecule has 0 rings (SSSR count). The summed E-state index contributed by atoms with van der Waals surface area (Å²) in [6.07, 6.45) is 0.140. The van der Waals surface area contributed by atoms with E-state index >= 15 is 0 Å². The maximum absolute atomic E-state index is 10.9. The second kappa shape index (κ2) is 4.91. The van der Waals surface area contributed by atoms with Crippen LogP contribution in [0.15, 0.2) is 0 Å². The van der Waals surface area contributed by atoms with Gasteiger partial charge in [0, 0.05) is 11.5 Å². The van der Waals surface area contributed by atoms with Crippen molar-refractivity contribution >= 4 is 58.4 Å². The molecule has 1 unspecified atom stereocenters. The fourth-order valence-electron chi connectivity index (χ4n) is 0.822. The number of alkyl halides is 1. The monoisotopic (exact) mass is 286 g/mol. The Hall–Kier alpha value is 1.61. The Morgan fingerprint density at radius 2 is 1.83 bits per heavy atom. The first-order valence-electron chi connectivity index (χ1n) is 3.41. The fraction of sp³-hybridized carbons (Fsp3) is 1.00. The molecule has 0 aromatic carbocycles. The molecule has 0 N–H and O–H groups in total. The van der Waals surface area contributed by atoms with Crippen molar-refractivity contribution in [3.8, 4) is 0 Å². The van der Waals surface area contributed by atoms with E-state index in [9.17, 15) is 4.57 Å². The lowest BCUT2D eigenvalue weighted by atomic mass is 10.5. The summed E-state index contributed by atoms with van der Waals surface area (Å²) in [5.41, 5.74) is 0. The average Bonchev–Trinajstić information content (AvgIpc) is 1.49. The van der Waals surface area contributed by atoms with Gasteiger partial charge in [-0.1, -0.05) is 13.1 Å². The Bertz CT molecular complexity index is 186. The van der Waals surface area contributed by atoms with E-state index in [1.165, 1.54) is 0 Å². The van der Waals surface area contributed by atoms with E-state index in [1.807, 2.05) is 13.1 Å². The second-order valence-electron chi connectivity index (χ2n) is 3.27. The van der Waals surface area contributed by atoms with Crippen LogP contribution in [-0.2, 0) is 4.57 Å². The van der Waals surface area contributed by atoms with Gasteiger partial charge >= 0.3 is 0 Å². The molecule has 0 bridgehead atoms. The molecular weight excluding hydrogens is 277 g/mol. The van der Waals surface area contributed by atoms with Gasteiger partial charge in [-0.25, -0.2) is 0 Å². The number of hydrogen-bond acceptors (Lipinski definition) is 1. The Kier molecular flexibility index (Phi) is 5.56. The zero-order chi connectivity index (χ0) is 9.99. The maximum Gasteiger partial charge on any atom is 0.254 e. The average molecular weight is 288 g/mol. The molecule has 0 aliphatic carbocycles. The molecule has 0 spiro atoms. The molecule has 0 aromatic rings. The van der Waals surface area contributed by atoms with Crippen LogP contribution in [-0.4, -0.2) is 18.9 Å². The predicted molar refractivity (Wildman–Crippen MR) is 62.0 cm³/mol. The standard InChI is InChI=1S/C5H11Cl4OPSi/c1-12(2,9)4-5(6)3-11(7,8)10/h5H,3-4H2,1-2H3. The largest absolute Gasteiger partial charge is 0.289 e. The first-order chi connectivity index (χ1) is 5.10. The van der Waals surface area contributed by atoms with Crippen LogP contribution in [0.2, 0.25) is 19.1 Å². The summed E-state index contributed by atoms with van der Waals surface area (Å²) < 4.78 is 10.9. The van der Waals surface area contributed by atoms with Gasteiger partial charge in [0.15, 0.2) is 7.38 Å². The van der Waals surface area contributed by atoms with Crippen molar-refractivity contribution in [2.24, 2.45) is 0 Å². The lowest BCUT2D eigenvalue weighted by molar-refractivity contribution is 0.592. The third kappa shape index (κ3) is 9.69. The van der Waals surface area contributed by atoms with E-state index < -0.39 is 13.2 Å². The summed E-state index contributed by atoms with van der Waals surface area (Å²) in [6, 6.07) is 0.666. The first-order valence-corrected chi connectivity index (χ1v) is 11.8. The minimum Gasteiger partial charge on any atom is -0.289 e. The van der Waals surface area contributed by atoms with Crippen LogP contribution in [0, 0.1) is 0 Å². The van der Waals surface area contributed by atoms with Gasteiger partial charge in [-0.3, -0.25) is 4.57 Å². The number of halogens is 4. The molecule has 12 heavy (non-hydrogen) atoms. The highest BCUT2D eigenvalue weighted by molar-refractivity contribution is 8.08. The van der Waals surface area contributed by atoms with Gasteiger partial charge < -0.3 is 0 Å². The Morgan fingerprint density at radius 1 is 1.42 bits per heavy atom. The van der Waals surface area contributed by atoms with Crippen molar-refractivity contribution in [3.05, 3.63) is 0 Å². The highest BCUT2D eigenvalue weighted by Crippen LogP contribution is 2.57. The van der Waals surface area contributed by atoms with Gasteiger partial charge in [0.2, 0.25) is 0 Å². The van der Waals surface area contributed by atoms with Crippen LogP contribution in [0.25, 0.3) is 0 Å². The molecule has 0 radical (unpaired) electrons. The molecule has 0 amide bonds. The molecular formula is C5H11Cl4OPSi. The minimum absolute atomic E-state index is 0.140. The van der Waals surface area contributed by atoms with E-state index in [2.05, 4.69) is 0 Å². The molecule has 0 aromatic heterocycles. The van der Waals surface area contributed by atoms with Crippen molar-refractivity contribution in [1.29, 1.82) is 0 Å². The number of rotatable bonds is 4. The van der Waals surface area contributed by atoms with E-state index in [4.69, 9.17) is 45.2 Å². The normalized spacial score (nSPS) is 16.2. The molecule has 0 aliphatic heterocycles. The van der Waals surface area contributed by atoms with Crippen LogP contribution in [0.5, 0.6) is 0 Å². The molecule has 0 saturated heterocycles. The molecule has 1 nitrogen and oxygen atoms in total. The molecule has 0 heterocycles.